The normalized spacial score (nSPS) is 19.7. The van der Waals surface area contributed by atoms with Crippen molar-refractivity contribution in [1.82, 2.24) is 5.16 Å². The minimum atomic E-state index is -0.661. The van der Waals surface area contributed by atoms with Crippen LogP contribution in [0.1, 0.15) is 37.4 Å². The third kappa shape index (κ3) is 3.04. The molecule has 0 bridgehead atoms. The van der Waals surface area contributed by atoms with Gasteiger partial charge in [0.2, 0.25) is 5.91 Å². The maximum atomic E-state index is 13.7. The Morgan fingerprint density at radius 3 is 2.69 bits per heavy atom. The second-order valence-corrected chi connectivity index (χ2v) is 8.44. The number of anilines is 1. The zero-order valence-corrected chi connectivity index (χ0v) is 16.7. The molecule has 2 aromatic carbocycles. The summed E-state index contributed by atoms with van der Waals surface area (Å²) in [6.45, 7) is 2.04. The molecule has 1 fully saturated rings. The van der Waals surface area contributed by atoms with Gasteiger partial charge in [-0.25, -0.2) is 4.39 Å². The van der Waals surface area contributed by atoms with E-state index in [4.69, 9.17) is 16.1 Å². The second kappa shape index (κ2) is 6.70. The average molecular weight is 411 g/mol. The van der Waals surface area contributed by atoms with Crippen LogP contribution in [0.15, 0.2) is 53.1 Å². The third-order valence-electron chi connectivity index (χ3n) is 6.08. The molecule has 1 saturated carbocycles. The van der Waals surface area contributed by atoms with Gasteiger partial charge in [0.1, 0.15) is 5.82 Å². The van der Waals surface area contributed by atoms with Crippen LogP contribution in [-0.2, 0) is 16.6 Å². The Bertz CT molecular complexity index is 1090. The van der Waals surface area contributed by atoms with Crippen molar-refractivity contribution in [3.63, 3.8) is 0 Å². The van der Waals surface area contributed by atoms with Gasteiger partial charge in [0.15, 0.2) is 5.76 Å². The van der Waals surface area contributed by atoms with Crippen molar-refractivity contribution >= 4 is 23.2 Å². The Balaban J connectivity index is 1.48. The van der Waals surface area contributed by atoms with E-state index in [-0.39, 0.29) is 17.8 Å². The van der Waals surface area contributed by atoms with E-state index >= 15 is 0 Å². The molecule has 6 heteroatoms. The fraction of sp³-hybridized carbons (Fsp3) is 0.304. The number of aryl methyl sites for hydroxylation is 1. The second-order valence-electron chi connectivity index (χ2n) is 8.00. The van der Waals surface area contributed by atoms with Crippen LogP contribution in [0.5, 0.6) is 0 Å². The molecule has 3 aromatic rings. The minimum absolute atomic E-state index is 0.0218. The van der Waals surface area contributed by atoms with Crippen LogP contribution in [0.4, 0.5) is 10.1 Å². The van der Waals surface area contributed by atoms with Crippen LogP contribution in [0.2, 0.25) is 5.02 Å². The lowest BCUT2D eigenvalue weighted by molar-refractivity contribution is -0.121. The Morgan fingerprint density at radius 2 is 1.97 bits per heavy atom. The summed E-state index contributed by atoms with van der Waals surface area (Å²) in [4.78, 5) is 15.5. The molecule has 2 heterocycles. The van der Waals surface area contributed by atoms with Gasteiger partial charge in [-0.3, -0.25) is 4.79 Å². The highest BCUT2D eigenvalue weighted by Crippen LogP contribution is 2.51. The maximum absolute atomic E-state index is 13.7. The van der Waals surface area contributed by atoms with Crippen LogP contribution in [0.25, 0.3) is 11.3 Å². The van der Waals surface area contributed by atoms with Crippen molar-refractivity contribution in [3.05, 3.63) is 70.6 Å². The van der Waals surface area contributed by atoms with E-state index in [1.165, 1.54) is 12.1 Å². The van der Waals surface area contributed by atoms with Gasteiger partial charge < -0.3 is 9.42 Å². The lowest BCUT2D eigenvalue weighted by atomic mass is 9.92. The number of nitrogens with zero attached hydrogens (tertiary/aromatic N) is 2. The maximum Gasteiger partial charge on any atom is 0.239 e. The predicted molar refractivity (Wildman–Crippen MR) is 110 cm³/mol. The minimum Gasteiger partial charge on any atom is -0.356 e. The van der Waals surface area contributed by atoms with Gasteiger partial charge in [0.05, 0.1) is 11.1 Å². The van der Waals surface area contributed by atoms with E-state index in [0.717, 1.165) is 42.5 Å². The summed E-state index contributed by atoms with van der Waals surface area (Å²) < 4.78 is 19.2. The number of amides is 1. The lowest BCUT2D eigenvalue weighted by Gasteiger charge is -2.37. The van der Waals surface area contributed by atoms with E-state index in [1.54, 1.807) is 18.2 Å². The highest BCUT2D eigenvalue weighted by molar-refractivity contribution is 6.30. The molecule has 0 saturated heterocycles. The summed E-state index contributed by atoms with van der Waals surface area (Å²) >= 11 is 5.96. The summed E-state index contributed by atoms with van der Waals surface area (Å²) in [7, 11) is 0. The van der Waals surface area contributed by atoms with E-state index in [2.05, 4.69) is 5.16 Å². The highest BCUT2D eigenvalue weighted by Gasteiger charge is 2.56. The van der Waals surface area contributed by atoms with Crippen LogP contribution < -0.4 is 4.90 Å². The number of halogens is 2. The summed E-state index contributed by atoms with van der Waals surface area (Å²) in [5.41, 5.74) is 2.56. The van der Waals surface area contributed by atoms with Gasteiger partial charge in [-0.1, -0.05) is 16.8 Å². The van der Waals surface area contributed by atoms with Crippen LogP contribution >= 0.6 is 11.6 Å². The molecule has 29 heavy (non-hydrogen) atoms. The highest BCUT2D eigenvalue weighted by atomic mass is 35.5. The monoisotopic (exact) mass is 410 g/mol. The van der Waals surface area contributed by atoms with Crippen molar-refractivity contribution in [2.45, 2.75) is 44.1 Å². The first-order valence-corrected chi connectivity index (χ1v) is 10.2. The number of hydrogen-bond donors (Lipinski definition) is 0. The number of benzene rings is 2. The molecule has 0 radical (unpaired) electrons. The largest absolute Gasteiger partial charge is 0.356 e. The van der Waals surface area contributed by atoms with E-state index in [9.17, 15) is 9.18 Å². The molecule has 5 rings (SSSR count). The van der Waals surface area contributed by atoms with Crippen molar-refractivity contribution in [1.29, 1.82) is 0 Å². The molecule has 1 aliphatic carbocycles. The Kier molecular flexibility index (Phi) is 4.24. The number of aromatic nitrogens is 1. The van der Waals surface area contributed by atoms with Crippen LogP contribution in [-0.4, -0.2) is 17.1 Å². The number of carbonyl (C=O) groups excluding carboxylic acids is 1. The summed E-state index contributed by atoms with van der Waals surface area (Å²) in [6.07, 6.45) is 3.05. The fourth-order valence-corrected chi connectivity index (χ4v) is 4.34. The zero-order valence-electron chi connectivity index (χ0n) is 16.0. The quantitative estimate of drug-likeness (QED) is 0.570. The number of carbonyl (C=O) groups is 1. The Hall–Kier alpha value is -2.66. The van der Waals surface area contributed by atoms with Crippen molar-refractivity contribution in [2.24, 2.45) is 0 Å². The molecular weight excluding hydrogens is 391 g/mol. The van der Waals surface area contributed by atoms with Crippen molar-refractivity contribution in [3.8, 4) is 11.3 Å². The van der Waals surface area contributed by atoms with Gasteiger partial charge in [0.25, 0.3) is 0 Å². The lowest BCUT2D eigenvalue weighted by Crippen LogP contribution is -2.47. The van der Waals surface area contributed by atoms with Crippen molar-refractivity contribution in [2.75, 3.05) is 4.90 Å². The third-order valence-corrected chi connectivity index (χ3v) is 6.33. The topological polar surface area (TPSA) is 46.3 Å². The predicted octanol–water partition coefficient (Wildman–Crippen LogP) is 5.53. The first-order chi connectivity index (χ1) is 14.0. The Labute approximate surface area is 173 Å². The standard InChI is InChI=1S/C23H20ClFN2O2/c1-14-2-3-16-12-18(25)8-9-19(16)27(14)22(28)23(10-11-23)21-13-20(29-26-21)15-4-6-17(24)7-5-15/h4-9,12-14H,2-3,10-11H2,1H3. The summed E-state index contributed by atoms with van der Waals surface area (Å²) in [6, 6.07) is 13.9. The summed E-state index contributed by atoms with van der Waals surface area (Å²) in [5, 5.41) is 4.89. The first kappa shape index (κ1) is 18.4. The molecule has 0 N–H and O–H groups in total. The smallest absolute Gasteiger partial charge is 0.239 e. The van der Waals surface area contributed by atoms with Gasteiger partial charge in [-0.15, -0.1) is 0 Å². The van der Waals surface area contributed by atoms with Gasteiger partial charge in [-0.2, -0.15) is 0 Å². The van der Waals surface area contributed by atoms with E-state index in [1.807, 2.05) is 30.0 Å². The molecule has 4 nitrogen and oxygen atoms in total. The van der Waals surface area contributed by atoms with E-state index < -0.39 is 5.41 Å². The fourth-order valence-electron chi connectivity index (χ4n) is 4.22. The molecule has 1 aromatic heterocycles. The van der Waals surface area contributed by atoms with Crippen LogP contribution in [0.3, 0.4) is 0 Å². The molecule has 2 aliphatic rings. The SMILES string of the molecule is CC1CCc2cc(F)ccc2N1C(=O)C1(c2cc(-c3ccc(Cl)cc3)on2)CC1. The molecule has 148 valence electrons. The molecule has 1 unspecified atom stereocenters. The molecule has 1 amide bonds. The van der Waals surface area contributed by atoms with E-state index in [0.29, 0.717) is 16.5 Å². The number of fused-ring (bicyclic) bond motifs is 1. The molecule has 1 aliphatic heterocycles. The van der Waals surface area contributed by atoms with Gasteiger partial charge in [0, 0.05) is 28.4 Å². The van der Waals surface area contributed by atoms with Gasteiger partial charge >= 0.3 is 0 Å². The van der Waals surface area contributed by atoms with Crippen LogP contribution in [0, 0.1) is 5.82 Å². The summed E-state index contributed by atoms with van der Waals surface area (Å²) in [5.74, 6) is 0.370. The average Bonchev–Trinajstić information content (AvgIpc) is 3.38. The first-order valence-electron chi connectivity index (χ1n) is 9.83. The number of hydrogen-bond acceptors (Lipinski definition) is 3. The zero-order chi connectivity index (χ0) is 20.2. The molecule has 1 atom stereocenters. The molecular formula is C23H20ClFN2O2. The Morgan fingerprint density at radius 1 is 1.21 bits per heavy atom. The van der Waals surface area contributed by atoms with Gasteiger partial charge in [-0.05, 0) is 80.6 Å². The van der Waals surface area contributed by atoms with Crippen molar-refractivity contribution < 1.29 is 13.7 Å². The number of rotatable bonds is 3. The molecule has 0 spiro atoms.